The molecule has 1 saturated carbocycles. The summed E-state index contributed by atoms with van der Waals surface area (Å²) < 4.78 is 0. The summed E-state index contributed by atoms with van der Waals surface area (Å²) in [6.45, 7) is 5.90. The van der Waals surface area contributed by atoms with Gasteiger partial charge in [0.05, 0.1) is 11.8 Å². The molecule has 0 heterocycles. The van der Waals surface area contributed by atoms with Crippen molar-refractivity contribution >= 4 is 17.5 Å². The van der Waals surface area contributed by atoms with Crippen molar-refractivity contribution in [1.82, 2.24) is 5.32 Å². The SMILES string of the molecule is CCc1ccccc1NC(=O)C1CC1C(=O)NC(C)C. The summed E-state index contributed by atoms with van der Waals surface area (Å²) in [6.07, 6.45) is 1.52. The predicted molar refractivity (Wildman–Crippen MR) is 79.3 cm³/mol. The fourth-order valence-corrected chi connectivity index (χ4v) is 2.34. The zero-order valence-electron chi connectivity index (χ0n) is 12.3. The van der Waals surface area contributed by atoms with Gasteiger partial charge in [-0.3, -0.25) is 9.59 Å². The van der Waals surface area contributed by atoms with E-state index in [1.165, 1.54) is 0 Å². The van der Waals surface area contributed by atoms with Crippen LogP contribution in [0.3, 0.4) is 0 Å². The Hall–Kier alpha value is -1.84. The van der Waals surface area contributed by atoms with E-state index in [1.54, 1.807) is 0 Å². The highest BCUT2D eigenvalue weighted by Gasteiger charge is 2.48. The Morgan fingerprint density at radius 3 is 2.50 bits per heavy atom. The molecule has 4 heteroatoms. The Kier molecular flexibility index (Phi) is 4.42. The van der Waals surface area contributed by atoms with Gasteiger partial charge in [0, 0.05) is 11.7 Å². The van der Waals surface area contributed by atoms with Crippen molar-refractivity contribution in [3.63, 3.8) is 0 Å². The van der Waals surface area contributed by atoms with Crippen LogP contribution in [0.1, 0.15) is 32.8 Å². The summed E-state index contributed by atoms with van der Waals surface area (Å²) in [7, 11) is 0. The number of rotatable bonds is 5. The highest BCUT2D eigenvalue weighted by atomic mass is 16.2. The largest absolute Gasteiger partial charge is 0.354 e. The van der Waals surface area contributed by atoms with E-state index in [-0.39, 0.29) is 29.7 Å². The lowest BCUT2D eigenvalue weighted by atomic mass is 10.1. The molecule has 1 aliphatic carbocycles. The Labute approximate surface area is 119 Å². The summed E-state index contributed by atoms with van der Waals surface area (Å²) >= 11 is 0. The van der Waals surface area contributed by atoms with Crippen LogP contribution in [-0.2, 0) is 16.0 Å². The van der Waals surface area contributed by atoms with Gasteiger partial charge in [0.15, 0.2) is 0 Å². The van der Waals surface area contributed by atoms with E-state index in [2.05, 4.69) is 17.6 Å². The Morgan fingerprint density at radius 2 is 1.85 bits per heavy atom. The van der Waals surface area contributed by atoms with Gasteiger partial charge in [-0.2, -0.15) is 0 Å². The van der Waals surface area contributed by atoms with Crippen LogP contribution in [0.4, 0.5) is 5.69 Å². The minimum Gasteiger partial charge on any atom is -0.354 e. The van der Waals surface area contributed by atoms with Crippen LogP contribution < -0.4 is 10.6 Å². The van der Waals surface area contributed by atoms with Gasteiger partial charge >= 0.3 is 0 Å². The van der Waals surface area contributed by atoms with Crippen molar-refractivity contribution in [2.75, 3.05) is 5.32 Å². The van der Waals surface area contributed by atoms with Gasteiger partial charge in [0.2, 0.25) is 11.8 Å². The van der Waals surface area contributed by atoms with E-state index < -0.39 is 0 Å². The number of carbonyl (C=O) groups excluding carboxylic acids is 2. The molecule has 1 fully saturated rings. The standard InChI is InChI=1S/C16H22N2O2/c1-4-11-7-5-6-8-14(11)18-16(20)13-9-12(13)15(19)17-10(2)3/h5-8,10,12-13H,4,9H2,1-3H3,(H,17,19)(H,18,20). The van der Waals surface area contributed by atoms with Crippen LogP contribution >= 0.6 is 0 Å². The molecule has 20 heavy (non-hydrogen) atoms. The van der Waals surface area contributed by atoms with Crippen molar-refractivity contribution < 1.29 is 9.59 Å². The number of amides is 2. The maximum Gasteiger partial charge on any atom is 0.228 e. The number of hydrogen-bond acceptors (Lipinski definition) is 2. The van der Waals surface area contributed by atoms with E-state index in [0.29, 0.717) is 6.42 Å². The summed E-state index contributed by atoms with van der Waals surface area (Å²) in [4.78, 5) is 24.0. The fraction of sp³-hybridized carbons (Fsp3) is 0.500. The molecule has 0 radical (unpaired) electrons. The maximum absolute atomic E-state index is 12.2. The first kappa shape index (κ1) is 14.6. The minimum atomic E-state index is -0.182. The first-order valence-corrected chi connectivity index (χ1v) is 7.22. The van der Waals surface area contributed by atoms with Crippen molar-refractivity contribution in [2.24, 2.45) is 11.8 Å². The van der Waals surface area contributed by atoms with Crippen molar-refractivity contribution in [3.05, 3.63) is 29.8 Å². The number of carbonyl (C=O) groups is 2. The molecule has 0 bridgehead atoms. The second-order valence-electron chi connectivity index (χ2n) is 5.61. The average Bonchev–Trinajstić information content (AvgIpc) is 3.19. The van der Waals surface area contributed by atoms with Crippen molar-refractivity contribution in [3.8, 4) is 0 Å². The highest BCUT2D eigenvalue weighted by molar-refractivity contribution is 5.99. The van der Waals surface area contributed by atoms with Gasteiger partial charge in [-0.05, 0) is 38.3 Å². The third kappa shape index (κ3) is 3.38. The Morgan fingerprint density at radius 1 is 1.20 bits per heavy atom. The van der Waals surface area contributed by atoms with Gasteiger partial charge in [-0.15, -0.1) is 0 Å². The number of para-hydroxylation sites is 1. The molecule has 2 unspecified atom stereocenters. The molecular weight excluding hydrogens is 252 g/mol. The molecule has 0 spiro atoms. The van der Waals surface area contributed by atoms with E-state index in [4.69, 9.17) is 0 Å². The number of benzene rings is 1. The molecule has 2 rings (SSSR count). The lowest BCUT2D eigenvalue weighted by Crippen LogP contribution is -2.32. The molecular formula is C16H22N2O2. The van der Waals surface area contributed by atoms with Crippen LogP contribution in [0.15, 0.2) is 24.3 Å². The molecule has 2 N–H and O–H groups in total. The lowest BCUT2D eigenvalue weighted by molar-refractivity contribution is -0.125. The summed E-state index contributed by atoms with van der Waals surface area (Å²) in [5.74, 6) is -0.399. The van der Waals surface area contributed by atoms with Gasteiger partial charge < -0.3 is 10.6 Å². The Bertz CT molecular complexity index is 511. The van der Waals surface area contributed by atoms with E-state index in [1.807, 2.05) is 38.1 Å². The molecule has 0 aliphatic heterocycles. The smallest absolute Gasteiger partial charge is 0.228 e. The molecule has 0 aromatic heterocycles. The first-order valence-electron chi connectivity index (χ1n) is 7.22. The molecule has 4 nitrogen and oxygen atoms in total. The van der Waals surface area contributed by atoms with Crippen molar-refractivity contribution in [1.29, 1.82) is 0 Å². The second-order valence-corrected chi connectivity index (χ2v) is 5.61. The molecule has 0 saturated heterocycles. The molecule has 2 amide bonds. The summed E-state index contributed by atoms with van der Waals surface area (Å²) in [5, 5.41) is 5.80. The van der Waals surface area contributed by atoms with Gasteiger partial charge in [0.25, 0.3) is 0 Å². The highest BCUT2D eigenvalue weighted by Crippen LogP contribution is 2.39. The van der Waals surface area contributed by atoms with Crippen LogP contribution in [-0.4, -0.2) is 17.9 Å². The fourth-order valence-electron chi connectivity index (χ4n) is 2.34. The van der Waals surface area contributed by atoms with E-state index >= 15 is 0 Å². The van der Waals surface area contributed by atoms with Crippen LogP contribution in [0.25, 0.3) is 0 Å². The van der Waals surface area contributed by atoms with Crippen molar-refractivity contribution in [2.45, 2.75) is 39.7 Å². The van der Waals surface area contributed by atoms with Crippen LogP contribution in [0.2, 0.25) is 0 Å². The molecule has 1 aromatic carbocycles. The maximum atomic E-state index is 12.2. The van der Waals surface area contributed by atoms with Gasteiger partial charge in [-0.25, -0.2) is 0 Å². The van der Waals surface area contributed by atoms with E-state index in [0.717, 1.165) is 17.7 Å². The first-order chi connectivity index (χ1) is 9.52. The topological polar surface area (TPSA) is 58.2 Å². The number of nitrogens with one attached hydrogen (secondary N) is 2. The Balaban J connectivity index is 1.93. The third-order valence-electron chi connectivity index (χ3n) is 3.55. The number of aryl methyl sites for hydroxylation is 1. The minimum absolute atomic E-state index is 0.0103. The zero-order chi connectivity index (χ0) is 14.7. The molecule has 2 atom stereocenters. The molecule has 108 valence electrons. The number of hydrogen-bond donors (Lipinski definition) is 2. The molecule has 1 aromatic rings. The lowest BCUT2D eigenvalue weighted by Gasteiger charge is -2.10. The summed E-state index contributed by atoms with van der Waals surface area (Å²) in [6, 6.07) is 7.90. The monoisotopic (exact) mass is 274 g/mol. The van der Waals surface area contributed by atoms with E-state index in [9.17, 15) is 9.59 Å². The molecule has 1 aliphatic rings. The zero-order valence-corrected chi connectivity index (χ0v) is 12.3. The van der Waals surface area contributed by atoms with Gasteiger partial charge in [0.1, 0.15) is 0 Å². The average molecular weight is 274 g/mol. The quantitative estimate of drug-likeness (QED) is 0.866. The van der Waals surface area contributed by atoms with Crippen LogP contribution in [0, 0.1) is 11.8 Å². The number of anilines is 1. The third-order valence-corrected chi connectivity index (χ3v) is 3.55. The van der Waals surface area contributed by atoms with Crippen LogP contribution in [0.5, 0.6) is 0 Å². The normalized spacial score (nSPS) is 20.6. The predicted octanol–water partition coefficient (Wildman–Crippen LogP) is 2.35. The second kappa shape index (κ2) is 6.07. The summed E-state index contributed by atoms with van der Waals surface area (Å²) in [5.41, 5.74) is 1.97. The van der Waals surface area contributed by atoms with Gasteiger partial charge in [-0.1, -0.05) is 25.1 Å².